The van der Waals surface area contributed by atoms with Gasteiger partial charge in [-0.1, -0.05) is 0 Å². The molecule has 27 heavy (non-hydrogen) atoms. The molecular weight excluding hydrogens is 344 g/mol. The second kappa shape index (κ2) is 7.41. The van der Waals surface area contributed by atoms with Crippen molar-refractivity contribution >= 4 is 11.8 Å². The van der Waals surface area contributed by atoms with Gasteiger partial charge < -0.3 is 19.3 Å². The maximum absolute atomic E-state index is 13.2. The minimum absolute atomic E-state index is 0.0353. The van der Waals surface area contributed by atoms with Crippen molar-refractivity contribution in [3.05, 3.63) is 24.3 Å². The Bertz CT molecular complexity index is 701. The van der Waals surface area contributed by atoms with Crippen molar-refractivity contribution in [1.29, 1.82) is 0 Å². The molecular formula is C21H28N2O4. The topological polar surface area (TPSA) is 59.1 Å². The first-order valence-corrected chi connectivity index (χ1v) is 10.1. The second-order valence-corrected chi connectivity index (χ2v) is 7.71. The van der Waals surface area contributed by atoms with Gasteiger partial charge in [-0.3, -0.25) is 9.59 Å². The summed E-state index contributed by atoms with van der Waals surface area (Å²) in [4.78, 5) is 29.9. The predicted molar refractivity (Wildman–Crippen MR) is 101 cm³/mol. The Balaban J connectivity index is 1.40. The number of amides is 2. The molecule has 4 rings (SSSR count). The van der Waals surface area contributed by atoms with E-state index in [0.717, 1.165) is 50.8 Å². The summed E-state index contributed by atoms with van der Waals surface area (Å²) in [5, 5.41) is 0. The van der Waals surface area contributed by atoms with Crippen molar-refractivity contribution in [3.63, 3.8) is 0 Å². The largest absolute Gasteiger partial charge is 0.494 e. The van der Waals surface area contributed by atoms with E-state index < -0.39 is 5.54 Å². The van der Waals surface area contributed by atoms with Crippen LogP contribution >= 0.6 is 0 Å². The van der Waals surface area contributed by atoms with Crippen molar-refractivity contribution in [2.24, 2.45) is 0 Å². The minimum atomic E-state index is -0.625. The van der Waals surface area contributed by atoms with E-state index in [1.165, 1.54) is 0 Å². The van der Waals surface area contributed by atoms with Gasteiger partial charge in [-0.2, -0.15) is 0 Å². The maximum Gasteiger partial charge on any atom is 0.261 e. The molecule has 3 aliphatic rings. The van der Waals surface area contributed by atoms with E-state index in [1.807, 2.05) is 24.0 Å². The summed E-state index contributed by atoms with van der Waals surface area (Å²) in [7, 11) is 0. The molecule has 0 bridgehead atoms. The Kier molecular flexibility index (Phi) is 4.98. The lowest BCUT2D eigenvalue weighted by Gasteiger charge is -2.44. The zero-order chi connectivity index (χ0) is 18.9. The molecule has 0 radical (unpaired) electrons. The highest BCUT2D eigenvalue weighted by atomic mass is 16.5. The van der Waals surface area contributed by atoms with Gasteiger partial charge in [0, 0.05) is 19.1 Å². The van der Waals surface area contributed by atoms with Crippen molar-refractivity contribution in [2.75, 3.05) is 26.3 Å². The zero-order valence-electron chi connectivity index (χ0n) is 16.0. The fourth-order valence-corrected chi connectivity index (χ4v) is 4.50. The third kappa shape index (κ3) is 3.49. The molecule has 0 N–H and O–H groups in total. The fraction of sp³-hybridized carbons (Fsp3) is 0.619. The van der Waals surface area contributed by atoms with Gasteiger partial charge in [-0.05, 0) is 69.7 Å². The van der Waals surface area contributed by atoms with E-state index in [1.54, 1.807) is 17.0 Å². The minimum Gasteiger partial charge on any atom is -0.494 e. The first-order valence-electron chi connectivity index (χ1n) is 10.1. The molecule has 1 unspecified atom stereocenters. The number of benzene rings is 1. The Labute approximate surface area is 160 Å². The van der Waals surface area contributed by atoms with Crippen LogP contribution in [0.2, 0.25) is 0 Å². The maximum atomic E-state index is 13.2. The summed E-state index contributed by atoms with van der Waals surface area (Å²) in [6.07, 6.45) is 5.64. The van der Waals surface area contributed by atoms with Crippen LogP contribution in [0.1, 0.15) is 45.4 Å². The first-order chi connectivity index (χ1) is 13.1. The molecule has 2 heterocycles. The SMILES string of the molecule is CCOc1ccc(OCC(=O)N2CCCC23CCCN(C2CC2)C3=O)cc1. The molecule has 6 nitrogen and oxygen atoms in total. The molecule has 2 aliphatic heterocycles. The molecule has 1 spiro atoms. The number of nitrogens with zero attached hydrogens (tertiary/aromatic N) is 2. The number of hydrogen-bond donors (Lipinski definition) is 0. The van der Waals surface area contributed by atoms with Crippen molar-refractivity contribution in [1.82, 2.24) is 9.80 Å². The highest BCUT2D eigenvalue weighted by molar-refractivity contribution is 5.93. The lowest BCUT2D eigenvalue weighted by Crippen LogP contribution is -2.62. The van der Waals surface area contributed by atoms with E-state index in [2.05, 4.69) is 0 Å². The molecule has 146 valence electrons. The van der Waals surface area contributed by atoms with E-state index >= 15 is 0 Å². The van der Waals surface area contributed by atoms with Crippen LogP contribution in [0.25, 0.3) is 0 Å². The van der Waals surface area contributed by atoms with Crippen LogP contribution in [-0.2, 0) is 9.59 Å². The van der Waals surface area contributed by atoms with Gasteiger partial charge in [0.25, 0.3) is 5.91 Å². The number of likely N-dealkylation sites (tertiary alicyclic amines) is 2. The van der Waals surface area contributed by atoms with Gasteiger partial charge in [0.15, 0.2) is 6.61 Å². The van der Waals surface area contributed by atoms with Crippen LogP contribution < -0.4 is 9.47 Å². The number of rotatable bonds is 6. The molecule has 6 heteroatoms. The Morgan fingerprint density at radius 2 is 1.70 bits per heavy atom. The molecule has 0 aromatic heterocycles. The quantitative estimate of drug-likeness (QED) is 0.770. The van der Waals surface area contributed by atoms with Crippen LogP contribution in [-0.4, -0.2) is 59.5 Å². The number of carbonyl (C=O) groups is 2. The lowest BCUT2D eigenvalue weighted by molar-refractivity contribution is -0.156. The summed E-state index contributed by atoms with van der Waals surface area (Å²) < 4.78 is 11.1. The molecule has 2 saturated heterocycles. The number of piperidine rings is 1. The lowest BCUT2D eigenvalue weighted by atomic mass is 9.85. The molecule has 1 aromatic carbocycles. The third-order valence-electron chi connectivity index (χ3n) is 5.92. The van der Waals surface area contributed by atoms with Crippen LogP contribution in [0.5, 0.6) is 11.5 Å². The fourth-order valence-electron chi connectivity index (χ4n) is 4.50. The standard InChI is InChI=1S/C21H28N2O4/c1-2-26-17-7-9-18(10-8-17)27-15-19(24)23-14-4-12-21(23)11-3-13-22(20(21)25)16-5-6-16/h7-10,16H,2-6,11-15H2,1H3. The van der Waals surface area contributed by atoms with Gasteiger partial charge in [0.05, 0.1) is 6.61 Å². The van der Waals surface area contributed by atoms with Gasteiger partial charge in [0.2, 0.25) is 5.91 Å². The van der Waals surface area contributed by atoms with Crippen molar-refractivity contribution in [2.45, 2.75) is 57.0 Å². The third-order valence-corrected chi connectivity index (χ3v) is 5.92. The van der Waals surface area contributed by atoms with Gasteiger partial charge in [-0.25, -0.2) is 0 Å². The van der Waals surface area contributed by atoms with Crippen LogP contribution in [0.3, 0.4) is 0 Å². The molecule has 1 aliphatic carbocycles. The van der Waals surface area contributed by atoms with E-state index in [0.29, 0.717) is 24.9 Å². The monoisotopic (exact) mass is 372 g/mol. The van der Waals surface area contributed by atoms with Crippen LogP contribution in [0.15, 0.2) is 24.3 Å². The number of ether oxygens (including phenoxy) is 2. The van der Waals surface area contributed by atoms with E-state index in [-0.39, 0.29) is 18.4 Å². The van der Waals surface area contributed by atoms with Gasteiger partial charge in [-0.15, -0.1) is 0 Å². The molecule has 3 fully saturated rings. The number of hydrogen-bond acceptors (Lipinski definition) is 4. The summed E-state index contributed by atoms with van der Waals surface area (Å²) in [5.41, 5.74) is -0.625. The molecule has 1 atom stereocenters. The van der Waals surface area contributed by atoms with E-state index in [4.69, 9.17) is 9.47 Å². The Morgan fingerprint density at radius 1 is 1.07 bits per heavy atom. The summed E-state index contributed by atoms with van der Waals surface area (Å²) in [5.74, 6) is 1.49. The summed E-state index contributed by atoms with van der Waals surface area (Å²) >= 11 is 0. The smallest absolute Gasteiger partial charge is 0.261 e. The second-order valence-electron chi connectivity index (χ2n) is 7.71. The van der Waals surface area contributed by atoms with Crippen LogP contribution in [0, 0.1) is 0 Å². The zero-order valence-corrected chi connectivity index (χ0v) is 16.0. The van der Waals surface area contributed by atoms with Crippen molar-refractivity contribution < 1.29 is 19.1 Å². The molecule has 2 amide bonds. The van der Waals surface area contributed by atoms with Crippen LogP contribution in [0.4, 0.5) is 0 Å². The summed E-state index contributed by atoms with van der Waals surface area (Å²) in [6, 6.07) is 7.68. The van der Waals surface area contributed by atoms with E-state index in [9.17, 15) is 9.59 Å². The average Bonchev–Trinajstić information content (AvgIpc) is 3.43. The normalized spacial score (nSPS) is 25.1. The summed E-state index contributed by atoms with van der Waals surface area (Å²) in [6.45, 7) is 4.01. The van der Waals surface area contributed by atoms with Crippen molar-refractivity contribution in [3.8, 4) is 11.5 Å². The Hall–Kier alpha value is -2.24. The average molecular weight is 372 g/mol. The van der Waals surface area contributed by atoms with Gasteiger partial charge in [0.1, 0.15) is 17.0 Å². The predicted octanol–water partition coefficient (Wildman–Crippen LogP) is 2.61. The first kappa shape index (κ1) is 18.1. The highest BCUT2D eigenvalue weighted by Gasteiger charge is 2.54. The number of carbonyl (C=O) groups excluding carboxylic acids is 2. The Morgan fingerprint density at radius 3 is 2.33 bits per heavy atom. The van der Waals surface area contributed by atoms with Gasteiger partial charge >= 0.3 is 0 Å². The molecule has 1 aromatic rings. The molecule has 1 saturated carbocycles. The highest BCUT2D eigenvalue weighted by Crippen LogP contribution is 2.41.